The number of fused-ring (bicyclic) bond motifs is 1. The minimum atomic E-state index is -0.194. The van der Waals surface area contributed by atoms with Crippen molar-refractivity contribution in [2.45, 2.75) is 83.3 Å². The van der Waals surface area contributed by atoms with Gasteiger partial charge in [-0.2, -0.15) is 0 Å². The van der Waals surface area contributed by atoms with Crippen molar-refractivity contribution in [3.63, 3.8) is 0 Å². The van der Waals surface area contributed by atoms with Crippen molar-refractivity contribution in [1.82, 2.24) is 15.0 Å². The number of aliphatic hydroxyl groups excluding tert-OH is 1. The second-order valence-corrected chi connectivity index (χ2v) is 10.4. The van der Waals surface area contributed by atoms with Gasteiger partial charge in [-0.25, -0.2) is 9.97 Å². The van der Waals surface area contributed by atoms with E-state index < -0.39 is 0 Å². The molecule has 0 spiro atoms. The first kappa shape index (κ1) is 23.9. The zero-order valence-corrected chi connectivity index (χ0v) is 20.7. The van der Waals surface area contributed by atoms with Gasteiger partial charge in [0.25, 0.3) is 0 Å². The van der Waals surface area contributed by atoms with Crippen LogP contribution in [0.25, 0.3) is 6.08 Å². The van der Waals surface area contributed by atoms with Crippen LogP contribution in [0.4, 0.5) is 11.6 Å². The molecule has 2 N–H and O–H groups in total. The molecule has 1 saturated carbocycles. The largest absolute Gasteiger partial charge is 0.393 e. The number of allylic oxidation sites excluding steroid dienone is 1. The number of hydrogen-bond donors (Lipinski definition) is 2. The average Bonchev–Trinajstić information content (AvgIpc) is 3.30. The molecule has 7 nitrogen and oxygen atoms in total. The summed E-state index contributed by atoms with van der Waals surface area (Å²) in [6, 6.07) is 2.12. The number of anilines is 2. The van der Waals surface area contributed by atoms with Gasteiger partial charge in [0.05, 0.1) is 23.0 Å². The zero-order chi connectivity index (χ0) is 24.2. The minimum absolute atomic E-state index is 0.186. The first-order chi connectivity index (χ1) is 17.1. The fourth-order valence-corrected chi connectivity index (χ4v) is 5.77. The van der Waals surface area contributed by atoms with Gasteiger partial charge < -0.3 is 15.3 Å². The minimum Gasteiger partial charge on any atom is -0.393 e. The van der Waals surface area contributed by atoms with E-state index in [4.69, 9.17) is 4.98 Å². The van der Waals surface area contributed by atoms with Crippen molar-refractivity contribution in [1.29, 1.82) is 0 Å². The molecule has 0 bridgehead atoms. The Morgan fingerprint density at radius 3 is 2.54 bits per heavy atom. The molecule has 186 valence electrons. The van der Waals surface area contributed by atoms with E-state index in [-0.39, 0.29) is 17.9 Å². The first-order valence-corrected chi connectivity index (χ1v) is 13.3. The normalized spacial score (nSPS) is 22.6. The van der Waals surface area contributed by atoms with Gasteiger partial charge in [0.15, 0.2) is 5.78 Å². The van der Waals surface area contributed by atoms with Crippen LogP contribution in [0.1, 0.15) is 86.3 Å². The topological polar surface area (TPSA) is 91.2 Å². The highest BCUT2D eigenvalue weighted by molar-refractivity contribution is 6.03. The highest BCUT2D eigenvalue weighted by Crippen LogP contribution is 2.37. The maximum atomic E-state index is 13.6. The maximum Gasteiger partial charge on any atom is 0.225 e. The van der Waals surface area contributed by atoms with E-state index in [1.165, 1.54) is 5.57 Å². The smallest absolute Gasteiger partial charge is 0.225 e. The van der Waals surface area contributed by atoms with E-state index in [1.54, 1.807) is 12.4 Å². The molecule has 3 heterocycles. The van der Waals surface area contributed by atoms with E-state index in [2.05, 4.69) is 33.2 Å². The van der Waals surface area contributed by atoms with Crippen molar-refractivity contribution >= 4 is 23.5 Å². The lowest BCUT2D eigenvalue weighted by atomic mass is 9.88. The molecule has 0 unspecified atom stereocenters. The number of nitrogens with zero attached hydrogens (tertiary/aromatic N) is 4. The lowest BCUT2D eigenvalue weighted by molar-refractivity contribution is 0.0954. The van der Waals surface area contributed by atoms with Gasteiger partial charge in [0, 0.05) is 56.1 Å². The first-order valence-electron chi connectivity index (χ1n) is 13.3. The summed E-state index contributed by atoms with van der Waals surface area (Å²) in [7, 11) is 0. The molecule has 1 aliphatic heterocycles. The number of aliphatic hydroxyl groups is 1. The molecule has 2 aliphatic carbocycles. The molecule has 0 atom stereocenters. The number of Topliss-reactive ketones (excluding diaryl/α,β-unsaturated/α-hetero) is 1. The molecule has 2 fully saturated rings. The molecular weight excluding hydrogens is 438 g/mol. The molecule has 1 saturated heterocycles. The van der Waals surface area contributed by atoms with Crippen LogP contribution >= 0.6 is 0 Å². The van der Waals surface area contributed by atoms with Crippen molar-refractivity contribution < 1.29 is 9.90 Å². The van der Waals surface area contributed by atoms with Gasteiger partial charge >= 0.3 is 0 Å². The fourth-order valence-electron chi connectivity index (χ4n) is 5.77. The number of ketones is 1. The SMILES string of the molecule is CCCC1=Cc2c(ncc(C(=O)CC3CCN(c4ncccn4)CC3)c2NC2CCC(O)CC2)C1. The molecule has 7 heteroatoms. The Morgan fingerprint density at radius 2 is 1.83 bits per heavy atom. The van der Waals surface area contributed by atoms with Crippen LogP contribution in [-0.2, 0) is 6.42 Å². The molecule has 2 aromatic rings. The quantitative estimate of drug-likeness (QED) is 0.529. The van der Waals surface area contributed by atoms with Crippen molar-refractivity contribution in [3.8, 4) is 0 Å². The molecule has 35 heavy (non-hydrogen) atoms. The zero-order valence-electron chi connectivity index (χ0n) is 20.7. The standard InChI is InChI=1S/C28H37N5O2/c1-2-4-20-15-23-25(16-20)31-18-24(27(23)32-21-5-7-22(34)8-6-21)26(35)17-19-9-13-33(14-10-19)28-29-11-3-12-30-28/h3,11-12,15,18-19,21-22,34H,2,4-10,13-14,16-17H2,1H3,(H,31,32). The number of pyridine rings is 1. The van der Waals surface area contributed by atoms with Gasteiger partial charge in [0.1, 0.15) is 0 Å². The van der Waals surface area contributed by atoms with Gasteiger partial charge in [-0.3, -0.25) is 9.78 Å². The Bertz CT molecular complexity index is 1050. The third kappa shape index (κ3) is 5.56. The van der Waals surface area contributed by atoms with Crippen LogP contribution in [0, 0.1) is 5.92 Å². The van der Waals surface area contributed by atoms with Crippen molar-refractivity contribution in [2.75, 3.05) is 23.3 Å². The average molecular weight is 476 g/mol. The predicted molar refractivity (Wildman–Crippen MR) is 139 cm³/mol. The number of carbonyl (C=O) groups is 1. The summed E-state index contributed by atoms with van der Waals surface area (Å²) < 4.78 is 0. The van der Waals surface area contributed by atoms with Crippen molar-refractivity contribution in [2.24, 2.45) is 5.92 Å². The summed E-state index contributed by atoms with van der Waals surface area (Å²) in [5.41, 5.74) is 5.30. The van der Waals surface area contributed by atoms with E-state index >= 15 is 0 Å². The third-order valence-corrected chi connectivity index (χ3v) is 7.78. The number of piperidine rings is 1. The Kier molecular flexibility index (Phi) is 7.42. The predicted octanol–water partition coefficient (Wildman–Crippen LogP) is 4.82. The fraction of sp³-hybridized carbons (Fsp3) is 0.571. The van der Waals surface area contributed by atoms with Crippen LogP contribution < -0.4 is 10.2 Å². The van der Waals surface area contributed by atoms with Gasteiger partial charge in [-0.05, 0) is 56.9 Å². The number of nitrogens with one attached hydrogen (secondary N) is 1. The van der Waals surface area contributed by atoms with E-state index in [9.17, 15) is 9.90 Å². The van der Waals surface area contributed by atoms with E-state index in [0.717, 1.165) is 99.3 Å². The van der Waals surface area contributed by atoms with E-state index in [0.29, 0.717) is 12.3 Å². The van der Waals surface area contributed by atoms with Crippen LogP contribution in [0.5, 0.6) is 0 Å². The summed E-state index contributed by atoms with van der Waals surface area (Å²) >= 11 is 0. The molecule has 0 radical (unpaired) electrons. The Hall–Kier alpha value is -2.80. The monoisotopic (exact) mass is 475 g/mol. The van der Waals surface area contributed by atoms with Crippen LogP contribution in [0.15, 0.2) is 30.2 Å². The molecule has 0 aromatic carbocycles. The Morgan fingerprint density at radius 1 is 1.09 bits per heavy atom. The summed E-state index contributed by atoms with van der Waals surface area (Å²) in [6.45, 7) is 3.96. The van der Waals surface area contributed by atoms with Crippen molar-refractivity contribution in [3.05, 3.63) is 47.1 Å². The second kappa shape index (κ2) is 10.9. The van der Waals surface area contributed by atoms with E-state index in [1.807, 2.05) is 12.3 Å². The lowest BCUT2D eigenvalue weighted by Gasteiger charge is -2.32. The molecular formula is C28H37N5O2. The summed E-state index contributed by atoms with van der Waals surface area (Å²) in [4.78, 5) is 29.3. The number of aromatic nitrogens is 3. The van der Waals surface area contributed by atoms with Gasteiger partial charge in [0.2, 0.25) is 5.95 Å². The van der Waals surface area contributed by atoms with Crippen LogP contribution in [0.2, 0.25) is 0 Å². The highest BCUT2D eigenvalue weighted by atomic mass is 16.3. The lowest BCUT2D eigenvalue weighted by Crippen LogP contribution is -2.35. The third-order valence-electron chi connectivity index (χ3n) is 7.78. The molecule has 3 aliphatic rings. The van der Waals surface area contributed by atoms with Crippen LogP contribution in [0.3, 0.4) is 0 Å². The summed E-state index contributed by atoms with van der Waals surface area (Å²) in [5.74, 6) is 1.32. The molecule has 5 rings (SSSR count). The molecule has 0 amide bonds. The number of carbonyl (C=O) groups excluding carboxylic acids is 1. The molecule has 2 aromatic heterocycles. The van der Waals surface area contributed by atoms with Gasteiger partial charge in [-0.15, -0.1) is 0 Å². The number of hydrogen-bond acceptors (Lipinski definition) is 7. The Labute approximate surface area is 208 Å². The highest BCUT2D eigenvalue weighted by Gasteiger charge is 2.29. The summed E-state index contributed by atoms with van der Waals surface area (Å²) in [6.07, 6.45) is 16.5. The Balaban J connectivity index is 1.31. The van der Waals surface area contributed by atoms with Gasteiger partial charge in [-0.1, -0.05) is 25.0 Å². The van der Waals surface area contributed by atoms with Crippen LogP contribution in [-0.4, -0.2) is 51.1 Å². The maximum absolute atomic E-state index is 13.6. The number of rotatable bonds is 8. The second-order valence-electron chi connectivity index (χ2n) is 10.4. The summed E-state index contributed by atoms with van der Waals surface area (Å²) in [5, 5.41) is 13.7.